The normalized spacial score (nSPS) is 25.8. The molecule has 160 valence electrons. The second kappa shape index (κ2) is 8.85. The topological polar surface area (TPSA) is 40.2 Å². The van der Waals surface area contributed by atoms with Gasteiger partial charge in [0.2, 0.25) is 0 Å². The van der Waals surface area contributed by atoms with E-state index in [2.05, 4.69) is 81.7 Å². The SMILES string of the molecule is C=CC1CN2CCC1CC2[C@@H](NC(=S)NCc1ccc[cH-]1)c1ccnc2ccccc12. The average Bonchev–Trinajstić information content (AvgIpc) is 3.35. The molecule has 0 amide bonds. The van der Waals surface area contributed by atoms with Gasteiger partial charge in [-0.1, -0.05) is 24.3 Å². The minimum absolute atomic E-state index is 0.112. The third-order valence-electron chi connectivity index (χ3n) is 7.03. The van der Waals surface area contributed by atoms with E-state index in [0.29, 0.717) is 23.0 Å². The highest BCUT2D eigenvalue weighted by atomic mass is 32.1. The van der Waals surface area contributed by atoms with Gasteiger partial charge in [0.15, 0.2) is 5.11 Å². The highest BCUT2D eigenvalue weighted by Crippen LogP contribution is 2.42. The molecule has 2 N–H and O–H groups in total. The zero-order chi connectivity index (χ0) is 21.2. The Morgan fingerprint density at radius 3 is 2.97 bits per heavy atom. The molecule has 2 aromatic carbocycles. The lowest BCUT2D eigenvalue weighted by Crippen LogP contribution is -2.58. The Labute approximate surface area is 189 Å². The van der Waals surface area contributed by atoms with Crippen molar-refractivity contribution in [1.29, 1.82) is 0 Å². The molecule has 4 heterocycles. The van der Waals surface area contributed by atoms with E-state index >= 15 is 0 Å². The van der Waals surface area contributed by atoms with Crippen molar-refractivity contribution in [1.82, 2.24) is 20.5 Å². The van der Waals surface area contributed by atoms with Gasteiger partial charge < -0.3 is 10.6 Å². The van der Waals surface area contributed by atoms with Crippen LogP contribution in [0.5, 0.6) is 0 Å². The number of fused-ring (bicyclic) bond motifs is 4. The average molecular weight is 430 g/mol. The standard InChI is InChI=1S/C26H29N4S/c1-2-19-17-30-14-12-20(19)15-24(30)25(29-26(31)28-16-18-7-3-4-8-18)22-11-13-27-23-10-6-5-9-21(22)23/h2-11,13,19-20,24-25H,1,12,14-17H2,(H2,28,29,31)/q-1/t19?,20?,24?,25-/m0/s1. The molecular formula is C26H29N4S-. The first-order chi connectivity index (χ1) is 15.2. The number of rotatable bonds is 6. The van der Waals surface area contributed by atoms with E-state index in [1.165, 1.54) is 22.9 Å². The number of para-hydroxylation sites is 1. The Hall–Kier alpha value is -2.63. The zero-order valence-corrected chi connectivity index (χ0v) is 18.5. The number of thiocarbonyl (C=S) groups is 1. The minimum atomic E-state index is 0.112. The molecule has 5 atom stereocenters. The molecule has 0 aliphatic carbocycles. The predicted octanol–water partition coefficient (Wildman–Crippen LogP) is 4.56. The Morgan fingerprint density at radius 1 is 1.29 bits per heavy atom. The molecule has 3 aromatic rings. The van der Waals surface area contributed by atoms with E-state index in [1.54, 1.807) is 0 Å². The van der Waals surface area contributed by atoms with Crippen molar-refractivity contribution in [2.45, 2.75) is 31.5 Å². The monoisotopic (exact) mass is 429 g/mol. The van der Waals surface area contributed by atoms with E-state index in [0.717, 1.165) is 31.6 Å². The summed E-state index contributed by atoms with van der Waals surface area (Å²) in [6.45, 7) is 7.06. The van der Waals surface area contributed by atoms with Gasteiger partial charge in [-0.2, -0.15) is 12.1 Å². The van der Waals surface area contributed by atoms with Crippen LogP contribution in [0, 0.1) is 11.8 Å². The van der Waals surface area contributed by atoms with E-state index in [4.69, 9.17) is 12.2 Å². The molecule has 5 heteroatoms. The third-order valence-corrected chi connectivity index (χ3v) is 7.29. The number of hydrogen-bond acceptors (Lipinski definition) is 3. The summed E-state index contributed by atoms with van der Waals surface area (Å²) in [7, 11) is 0. The first-order valence-electron chi connectivity index (χ1n) is 11.2. The van der Waals surface area contributed by atoms with E-state index in [9.17, 15) is 0 Å². The Morgan fingerprint density at radius 2 is 2.19 bits per heavy atom. The first kappa shape index (κ1) is 20.3. The van der Waals surface area contributed by atoms with Crippen LogP contribution in [-0.2, 0) is 6.54 Å². The fourth-order valence-electron chi connectivity index (χ4n) is 5.40. The molecule has 3 aliphatic heterocycles. The lowest BCUT2D eigenvalue weighted by Gasteiger charge is -2.52. The summed E-state index contributed by atoms with van der Waals surface area (Å²) in [6, 6.07) is 19.4. The number of hydrogen-bond donors (Lipinski definition) is 2. The van der Waals surface area contributed by atoms with Gasteiger partial charge in [0.1, 0.15) is 0 Å². The number of benzene rings is 1. The molecule has 0 radical (unpaired) electrons. The minimum Gasteiger partial charge on any atom is -0.361 e. The quantitative estimate of drug-likeness (QED) is 0.342. The maximum Gasteiger partial charge on any atom is 0.167 e. The molecule has 6 rings (SSSR count). The van der Waals surface area contributed by atoms with E-state index < -0.39 is 0 Å². The van der Waals surface area contributed by atoms with Crippen molar-refractivity contribution in [3.05, 3.63) is 84.6 Å². The lowest BCUT2D eigenvalue weighted by atomic mass is 9.73. The smallest absolute Gasteiger partial charge is 0.167 e. The van der Waals surface area contributed by atoms with Crippen molar-refractivity contribution in [3.63, 3.8) is 0 Å². The first-order valence-corrected chi connectivity index (χ1v) is 11.6. The van der Waals surface area contributed by atoms with Crippen LogP contribution in [0.4, 0.5) is 0 Å². The van der Waals surface area contributed by atoms with Crippen molar-refractivity contribution in [2.24, 2.45) is 11.8 Å². The highest BCUT2D eigenvalue weighted by Gasteiger charge is 2.43. The molecule has 3 saturated heterocycles. The fraction of sp³-hybridized carbons (Fsp3) is 0.346. The second-order valence-corrected chi connectivity index (χ2v) is 9.17. The van der Waals surface area contributed by atoms with Crippen molar-refractivity contribution in [3.8, 4) is 0 Å². The largest absolute Gasteiger partial charge is 0.361 e. The Balaban J connectivity index is 1.44. The summed E-state index contributed by atoms with van der Waals surface area (Å²) in [5.41, 5.74) is 3.54. The van der Waals surface area contributed by atoms with Crippen molar-refractivity contribution in [2.75, 3.05) is 13.1 Å². The van der Waals surface area contributed by atoms with E-state index in [-0.39, 0.29) is 6.04 Å². The van der Waals surface area contributed by atoms with Crippen LogP contribution in [0.1, 0.15) is 30.0 Å². The molecule has 2 bridgehead atoms. The van der Waals surface area contributed by atoms with Gasteiger partial charge in [0, 0.05) is 30.7 Å². The van der Waals surface area contributed by atoms with Crippen LogP contribution in [-0.4, -0.2) is 34.1 Å². The van der Waals surface area contributed by atoms with Gasteiger partial charge in [-0.3, -0.25) is 9.88 Å². The zero-order valence-electron chi connectivity index (χ0n) is 17.7. The number of aromatic nitrogens is 1. The van der Waals surface area contributed by atoms with Gasteiger partial charge in [-0.15, -0.1) is 12.1 Å². The highest BCUT2D eigenvalue weighted by molar-refractivity contribution is 7.80. The van der Waals surface area contributed by atoms with Crippen LogP contribution in [0.2, 0.25) is 0 Å². The third kappa shape index (κ3) is 4.12. The molecule has 1 aromatic heterocycles. The van der Waals surface area contributed by atoms with E-state index in [1.807, 2.05) is 12.3 Å². The summed E-state index contributed by atoms with van der Waals surface area (Å²) in [5.74, 6) is 1.30. The molecule has 0 saturated carbocycles. The second-order valence-electron chi connectivity index (χ2n) is 8.76. The number of pyridine rings is 1. The van der Waals surface area contributed by atoms with Gasteiger partial charge in [-0.25, -0.2) is 12.1 Å². The maximum atomic E-state index is 5.75. The van der Waals surface area contributed by atoms with Crippen molar-refractivity contribution >= 4 is 28.2 Å². The number of nitrogens with one attached hydrogen (secondary N) is 2. The molecule has 0 spiro atoms. The number of piperidine rings is 3. The molecule has 3 aliphatic rings. The van der Waals surface area contributed by atoms with Gasteiger partial charge >= 0.3 is 0 Å². The number of nitrogens with zero attached hydrogens (tertiary/aromatic N) is 2. The van der Waals surface area contributed by atoms with Crippen LogP contribution in [0.3, 0.4) is 0 Å². The van der Waals surface area contributed by atoms with Gasteiger partial charge in [-0.05, 0) is 61.1 Å². The predicted molar refractivity (Wildman–Crippen MR) is 131 cm³/mol. The lowest BCUT2D eigenvalue weighted by molar-refractivity contribution is 0.00429. The molecule has 31 heavy (non-hydrogen) atoms. The van der Waals surface area contributed by atoms with Crippen LogP contribution >= 0.6 is 12.2 Å². The molecule has 4 unspecified atom stereocenters. The summed E-state index contributed by atoms with van der Waals surface area (Å²) < 4.78 is 0. The van der Waals surface area contributed by atoms with Crippen LogP contribution < -0.4 is 10.6 Å². The Bertz CT molecular complexity index is 1050. The summed E-state index contributed by atoms with van der Waals surface area (Å²) >= 11 is 5.75. The summed E-state index contributed by atoms with van der Waals surface area (Å²) in [4.78, 5) is 7.23. The van der Waals surface area contributed by atoms with Gasteiger partial charge in [0.25, 0.3) is 0 Å². The molecule has 3 fully saturated rings. The molecular weight excluding hydrogens is 400 g/mol. The fourth-order valence-corrected chi connectivity index (χ4v) is 5.60. The van der Waals surface area contributed by atoms with Crippen LogP contribution in [0.15, 0.2) is 73.4 Å². The summed E-state index contributed by atoms with van der Waals surface area (Å²) in [6.07, 6.45) is 6.51. The van der Waals surface area contributed by atoms with Crippen LogP contribution in [0.25, 0.3) is 10.9 Å². The maximum absolute atomic E-state index is 5.75. The van der Waals surface area contributed by atoms with Gasteiger partial charge in [0.05, 0.1) is 11.6 Å². The molecule has 4 nitrogen and oxygen atoms in total. The summed E-state index contributed by atoms with van der Waals surface area (Å²) in [5, 5.41) is 9.01. The Kier molecular flexibility index (Phi) is 5.79. The van der Waals surface area contributed by atoms with Crippen molar-refractivity contribution < 1.29 is 0 Å².